The molecule has 2 unspecified atom stereocenters. The van der Waals surface area contributed by atoms with Crippen LogP contribution in [-0.4, -0.2) is 134 Å². The predicted molar refractivity (Wildman–Crippen MR) is 306 cm³/mol. The number of methoxy groups -OCH3 is 4. The molecule has 1 aliphatic carbocycles. The Morgan fingerprint density at radius 2 is 1.32 bits per heavy atom. The lowest BCUT2D eigenvalue weighted by Crippen LogP contribution is -2.60. The van der Waals surface area contributed by atoms with E-state index in [9.17, 15) is 39.4 Å². The number of fused-ring (bicyclic) bond motifs is 15. The van der Waals surface area contributed by atoms with Crippen molar-refractivity contribution in [3.05, 3.63) is 122 Å². The molecule has 85 heavy (non-hydrogen) atoms. The zero-order chi connectivity index (χ0) is 61.9. The number of rotatable bonds is 12. The Bertz CT molecular complexity index is 3370. The van der Waals surface area contributed by atoms with Gasteiger partial charge in [0.2, 0.25) is 47.1 Å². The van der Waals surface area contributed by atoms with Crippen molar-refractivity contribution in [2.45, 2.75) is 93.9 Å². The fourth-order valence-corrected chi connectivity index (χ4v) is 11.3. The molecule has 10 rings (SSSR count). The van der Waals surface area contributed by atoms with Gasteiger partial charge in [0.05, 0.1) is 62.8 Å². The SMILES string of the molecule is CN[C@@H](CC(C)C)C(=O)N[C@H]1C(=O)N[C@@H](CC(N)=O)C(=O)N[C@H]2C(=O)N[C@H]3C(=O)N[C@H](C(=O)N[C@@H](B(O)O)c4cc(OC)cc(OC)c4C4C(OC)=CC=C3C4C)[C@H](O)c3ccc(c(Cl)c3)Oc3cc2cc(c3OC)Oc2ccc(cc2Cl)[C@H]1O. The van der Waals surface area contributed by atoms with Crippen molar-refractivity contribution in [2.75, 3.05) is 35.5 Å². The highest BCUT2D eigenvalue weighted by molar-refractivity contribution is 6.43. The van der Waals surface area contributed by atoms with Crippen LogP contribution in [-0.2, 0) is 38.3 Å². The van der Waals surface area contributed by atoms with E-state index in [4.69, 9.17) is 57.4 Å². The van der Waals surface area contributed by atoms with E-state index in [0.717, 1.165) is 0 Å². The number of allylic oxidation sites excluding steroid dienone is 3. The van der Waals surface area contributed by atoms with Crippen molar-refractivity contribution >= 4 is 71.7 Å². The van der Waals surface area contributed by atoms with Gasteiger partial charge in [-0.15, -0.1) is 0 Å². The van der Waals surface area contributed by atoms with Gasteiger partial charge in [0, 0.05) is 11.6 Å². The minimum atomic E-state index is -2.35. The Morgan fingerprint density at radius 1 is 0.706 bits per heavy atom. The standard InChI is InChI=1S/C57H65BCl2N8O17/c1-23(2)15-33(62-4)52(72)66-46-48(70)25-9-12-35(31(59)16-25)84-39-18-27-19-40(50(39)83-8)85-36-13-10-26(17-32(36)60)49(71)47-57(77)68-51(58(78)79)30-20-28(80-5)21-38(82-7)43(30)42-24(3)29(11-14-37(42)81-6)45(55(75)67-47)65-54(74)44(27)64-53(73)34(22-41(61)69)63-56(46)76/h9-14,16-21,23-24,33-34,42,44-49,51,62,70-71,78-79H,15,22H2,1-8H3,(H2,61,69)(H,63,76)(H,64,73)(H,65,74)(H,66,72)(H,67,75)(H,68,77)/t24?,33-,34-,42?,44+,45+,46+,47-,48+,49+,51+/m0/s1. The first kappa shape index (κ1) is 62.9. The summed E-state index contributed by atoms with van der Waals surface area (Å²) in [5, 5.41) is 64.6. The van der Waals surface area contributed by atoms with E-state index in [1.54, 1.807) is 6.92 Å². The second-order valence-electron chi connectivity index (χ2n) is 21.0. The van der Waals surface area contributed by atoms with E-state index in [2.05, 4.69) is 37.2 Å². The Morgan fingerprint density at radius 3 is 1.86 bits per heavy atom. The lowest BCUT2D eigenvalue weighted by atomic mass is 9.68. The molecule has 25 nitrogen and oxygen atoms in total. The molecule has 5 heterocycles. The first-order valence-electron chi connectivity index (χ1n) is 26.8. The predicted octanol–water partition coefficient (Wildman–Crippen LogP) is 2.38. The number of likely N-dealkylation sites (N-methyl/N-ethyl adjacent to an activating group) is 1. The van der Waals surface area contributed by atoms with Gasteiger partial charge in [-0.05, 0) is 102 Å². The fraction of sp³-hybridized carbons (Fsp3) is 0.386. The number of hydrogen-bond donors (Lipinski definition) is 12. The molecule has 11 bridgehead atoms. The largest absolute Gasteiger partial charge is 0.500 e. The lowest BCUT2D eigenvalue weighted by Gasteiger charge is -2.38. The Balaban J connectivity index is 1.38. The summed E-state index contributed by atoms with van der Waals surface area (Å²) in [5.74, 6) is -11.8. The van der Waals surface area contributed by atoms with Gasteiger partial charge in [0.1, 0.15) is 71.2 Å². The van der Waals surface area contributed by atoms with Crippen molar-refractivity contribution in [1.29, 1.82) is 0 Å². The van der Waals surface area contributed by atoms with E-state index in [0.29, 0.717) is 6.42 Å². The van der Waals surface area contributed by atoms with Crippen molar-refractivity contribution in [2.24, 2.45) is 17.6 Å². The van der Waals surface area contributed by atoms with Gasteiger partial charge in [-0.1, -0.05) is 62.2 Å². The minimum Gasteiger partial charge on any atom is -0.500 e. The van der Waals surface area contributed by atoms with Crippen LogP contribution in [0.15, 0.2) is 84.1 Å². The molecule has 0 saturated heterocycles. The normalized spacial score (nSPS) is 24.4. The van der Waals surface area contributed by atoms with Gasteiger partial charge in [-0.25, -0.2) is 0 Å². The summed E-state index contributed by atoms with van der Waals surface area (Å²) in [5.41, 5.74) is 5.83. The summed E-state index contributed by atoms with van der Waals surface area (Å²) >= 11 is 13.8. The van der Waals surface area contributed by atoms with Crippen LogP contribution in [0.2, 0.25) is 10.0 Å². The second kappa shape index (κ2) is 26.4. The number of ether oxygens (including phenoxy) is 6. The van der Waals surface area contributed by atoms with Gasteiger partial charge in [-0.3, -0.25) is 33.6 Å². The first-order valence-corrected chi connectivity index (χ1v) is 27.6. The van der Waals surface area contributed by atoms with Crippen LogP contribution in [0.3, 0.4) is 0 Å². The zero-order valence-electron chi connectivity index (χ0n) is 47.3. The molecular weight excluding hydrogens is 1150 g/mol. The van der Waals surface area contributed by atoms with Crippen LogP contribution in [0.25, 0.3) is 0 Å². The molecular formula is C57H65BCl2N8O17. The monoisotopic (exact) mass is 1210 g/mol. The van der Waals surface area contributed by atoms with Crippen molar-refractivity contribution in [3.63, 3.8) is 0 Å². The molecule has 4 aromatic carbocycles. The number of nitrogens with two attached hydrogens (primary N) is 1. The number of halogens is 2. The molecule has 28 heteroatoms. The number of carbonyl (C=O) groups excluding carboxylic acids is 7. The molecule has 0 spiro atoms. The summed E-state index contributed by atoms with van der Waals surface area (Å²) in [4.78, 5) is 103. The molecule has 11 atom stereocenters. The summed E-state index contributed by atoms with van der Waals surface area (Å²) in [7, 11) is 4.52. The zero-order valence-corrected chi connectivity index (χ0v) is 48.8. The summed E-state index contributed by atoms with van der Waals surface area (Å²) < 4.78 is 36.2. The van der Waals surface area contributed by atoms with E-state index in [1.807, 2.05) is 13.8 Å². The highest BCUT2D eigenvalue weighted by Crippen LogP contribution is 2.50. The Kier molecular flexibility index (Phi) is 19.6. The van der Waals surface area contributed by atoms with Crippen molar-refractivity contribution < 1.29 is 82.2 Å². The Hall–Kier alpha value is -8.11. The molecule has 7 amide bonds. The van der Waals surface area contributed by atoms with Crippen LogP contribution in [0, 0.1) is 11.8 Å². The number of hydrogen-bond acceptors (Lipinski definition) is 18. The summed E-state index contributed by atoms with van der Waals surface area (Å²) in [6.45, 7) is 5.42. The first-order chi connectivity index (χ1) is 40.4. The third kappa shape index (κ3) is 13.2. The molecule has 13 N–H and O–H groups in total. The minimum absolute atomic E-state index is 0.00871. The number of primary amides is 1. The van der Waals surface area contributed by atoms with Crippen LogP contribution < -0.4 is 66.6 Å². The summed E-state index contributed by atoms with van der Waals surface area (Å²) in [6.07, 6.45) is -1.51. The third-order valence-electron chi connectivity index (χ3n) is 15.1. The average Bonchev–Trinajstić information content (AvgIpc) is 1.78. The van der Waals surface area contributed by atoms with Crippen LogP contribution >= 0.6 is 23.2 Å². The lowest BCUT2D eigenvalue weighted by molar-refractivity contribution is -0.137. The molecule has 0 fully saturated rings. The number of amides is 7. The van der Waals surface area contributed by atoms with Crippen LogP contribution in [0.1, 0.15) is 91.5 Å². The molecule has 4 aromatic rings. The maximum atomic E-state index is 15.8. The molecule has 0 aromatic heterocycles. The van der Waals surface area contributed by atoms with Crippen LogP contribution in [0.4, 0.5) is 0 Å². The van der Waals surface area contributed by atoms with Crippen LogP contribution in [0.5, 0.6) is 40.2 Å². The molecule has 452 valence electrons. The van der Waals surface area contributed by atoms with E-state index >= 15 is 14.4 Å². The maximum Gasteiger partial charge on any atom is 0.480 e. The smallest absolute Gasteiger partial charge is 0.480 e. The second-order valence-corrected chi connectivity index (χ2v) is 21.8. The molecule has 0 radical (unpaired) electrons. The molecule has 6 aliphatic rings. The topological polar surface area (TPSA) is 366 Å². The average molecular weight is 1220 g/mol. The third-order valence-corrected chi connectivity index (χ3v) is 15.7. The van der Waals surface area contributed by atoms with Gasteiger partial charge < -0.3 is 91.6 Å². The summed E-state index contributed by atoms with van der Waals surface area (Å²) in [6, 6.07) is 2.68. The van der Waals surface area contributed by atoms with E-state index in [1.165, 1.54) is 108 Å². The van der Waals surface area contributed by atoms with Crippen molar-refractivity contribution in [3.8, 4) is 40.2 Å². The number of benzene rings is 4. The highest BCUT2D eigenvalue weighted by atomic mass is 35.5. The number of nitrogens with one attached hydrogen (secondary N) is 7. The maximum absolute atomic E-state index is 15.8. The molecule has 0 saturated carbocycles. The quantitative estimate of drug-likeness (QED) is 0.0906. The fourth-order valence-electron chi connectivity index (χ4n) is 10.8. The Labute approximate surface area is 498 Å². The van der Waals surface area contributed by atoms with E-state index < -0.39 is 121 Å². The van der Waals surface area contributed by atoms with E-state index in [-0.39, 0.29) is 95.4 Å². The van der Waals surface area contributed by atoms with Crippen molar-refractivity contribution in [1.82, 2.24) is 37.2 Å². The molecule has 5 aliphatic heterocycles. The number of aliphatic hydroxyl groups excluding tert-OH is 2. The van der Waals surface area contributed by atoms with Gasteiger partial charge in [0.25, 0.3) is 0 Å². The van der Waals surface area contributed by atoms with Gasteiger partial charge >= 0.3 is 7.12 Å². The van der Waals surface area contributed by atoms with Gasteiger partial charge in [0.15, 0.2) is 11.5 Å². The van der Waals surface area contributed by atoms with Gasteiger partial charge in [-0.2, -0.15) is 0 Å². The number of aliphatic hydroxyl groups is 2. The number of carbonyl (C=O) groups is 7. The highest BCUT2D eigenvalue weighted by Gasteiger charge is 2.46.